The van der Waals surface area contributed by atoms with Gasteiger partial charge in [0.05, 0.1) is 16.5 Å². The molecule has 9 heteroatoms. The largest absolute Gasteiger partial charge is 0.506 e. The number of nitrogens with zero attached hydrogens (tertiary/aromatic N) is 3. The Kier molecular flexibility index (Phi) is 3.76. The first-order valence-corrected chi connectivity index (χ1v) is 7.29. The highest BCUT2D eigenvalue weighted by atomic mass is 35.5. The summed E-state index contributed by atoms with van der Waals surface area (Å²) in [6.45, 7) is 3.27. The summed E-state index contributed by atoms with van der Waals surface area (Å²) < 4.78 is 6.51. The molecule has 0 fully saturated rings. The second-order valence-electron chi connectivity index (χ2n) is 5.32. The third-order valence-corrected chi connectivity index (χ3v) is 4.05. The molecule has 124 valence electrons. The van der Waals surface area contributed by atoms with Crippen LogP contribution in [-0.2, 0) is 6.54 Å². The monoisotopic (exact) mass is 349 g/mol. The number of phenols is 1. The molecule has 1 aromatic carbocycles. The van der Waals surface area contributed by atoms with Crippen molar-refractivity contribution in [3.8, 4) is 5.75 Å². The molecule has 0 saturated heterocycles. The lowest BCUT2D eigenvalue weighted by Crippen LogP contribution is -2.08. The zero-order valence-corrected chi connectivity index (χ0v) is 13.5. The number of fused-ring (bicyclic) bond motifs is 1. The summed E-state index contributed by atoms with van der Waals surface area (Å²) in [7, 11) is 0. The maximum atomic E-state index is 11.7. The average Bonchev–Trinajstić information content (AvgIpc) is 2.75. The number of aryl methyl sites for hydroxylation is 1. The van der Waals surface area contributed by atoms with E-state index in [0.29, 0.717) is 22.3 Å². The van der Waals surface area contributed by atoms with Gasteiger partial charge < -0.3 is 9.52 Å². The van der Waals surface area contributed by atoms with Crippen LogP contribution in [0, 0.1) is 24.0 Å². The van der Waals surface area contributed by atoms with Crippen LogP contribution in [0.3, 0.4) is 0 Å². The van der Waals surface area contributed by atoms with Gasteiger partial charge in [0, 0.05) is 17.5 Å². The van der Waals surface area contributed by atoms with Crippen LogP contribution in [0.2, 0.25) is 5.02 Å². The lowest BCUT2D eigenvalue weighted by Gasteiger charge is -2.08. The number of aromatic nitrogens is 2. The first kappa shape index (κ1) is 16.0. The first-order chi connectivity index (χ1) is 11.3. The van der Waals surface area contributed by atoms with Gasteiger partial charge in [0.25, 0.3) is 0 Å². The van der Waals surface area contributed by atoms with Crippen LogP contribution in [0.4, 0.5) is 5.69 Å². The zero-order valence-electron chi connectivity index (χ0n) is 12.7. The minimum Gasteiger partial charge on any atom is -0.506 e. The van der Waals surface area contributed by atoms with Crippen molar-refractivity contribution >= 4 is 28.3 Å². The van der Waals surface area contributed by atoms with Gasteiger partial charge in [0.2, 0.25) is 0 Å². The fourth-order valence-electron chi connectivity index (χ4n) is 2.63. The van der Waals surface area contributed by atoms with Crippen molar-refractivity contribution in [2.24, 2.45) is 0 Å². The molecule has 0 unspecified atom stereocenters. The number of phenolic OH excluding ortho intramolecular Hbond substituents is 1. The van der Waals surface area contributed by atoms with Crippen molar-refractivity contribution in [1.29, 1.82) is 0 Å². The summed E-state index contributed by atoms with van der Waals surface area (Å²) in [5.74, 6) is -0.203. The van der Waals surface area contributed by atoms with Crippen molar-refractivity contribution in [1.82, 2.24) is 9.78 Å². The van der Waals surface area contributed by atoms with Crippen LogP contribution in [0.1, 0.15) is 17.0 Å². The Morgan fingerprint density at radius 2 is 2.08 bits per heavy atom. The van der Waals surface area contributed by atoms with Gasteiger partial charge in [-0.3, -0.25) is 14.8 Å². The van der Waals surface area contributed by atoms with Gasteiger partial charge >= 0.3 is 11.3 Å². The molecule has 3 rings (SSSR count). The topological polar surface area (TPSA) is 111 Å². The highest BCUT2D eigenvalue weighted by Crippen LogP contribution is 2.31. The molecule has 0 bridgehead atoms. The van der Waals surface area contributed by atoms with Crippen molar-refractivity contribution in [3.63, 3.8) is 0 Å². The Bertz CT molecular complexity index is 1040. The molecule has 0 spiro atoms. The van der Waals surface area contributed by atoms with E-state index in [0.717, 1.165) is 0 Å². The second kappa shape index (κ2) is 5.64. The van der Waals surface area contributed by atoms with Crippen molar-refractivity contribution in [2.75, 3.05) is 0 Å². The molecule has 0 atom stereocenters. The minimum absolute atomic E-state index is 0.0575. The highest BCUT2D eigenvalue weighted by Gasteiger charge is 2.22. The SMILES string of the molecule is Cc1nn(Cc2cc(=O)oc3cc(O)c(Cl)cc23)c(C)c1[N+](=O)[O-]. The van der Waals surface area contributed by atoms with Crippen LogP contribution < -0.4 is 5.63 Å². The average molecular weight is 350 g/mol. The van der Waals surface area contributed by atoms with Gasteiger partial charge in [0.15, 0.2) is 0 Å². The van der Waals surface area contributed by atoms with E-state index in [1.165, 1.54) is 22.9 Å². The molecular formula is C15H12ClN3O5. The van der Waals surface area contributed by atoms with E-state index >= 15 is 0 Å². The van der Waals surface area contributed by atoms with E-state index in [9.17, 15) is 20.0 Å². The third kappa shape index (κ3) is 2.61. The van der Waals surface area contributed by atoms with Gasteiger partial charge in [-0.25, -0.2) is 4.79 Å². The number of nitro groups is 1. The summed E-state index contributed by atoms with van der Waals surface area (Å²) >= 11 is 5.92. The summed E-state index contributed by atoms with van der Waals surface area (Å²) in [5.41, 5.74) is 0.719. The molecule has 3 aromatic rings. The third-order valence-electron chi connectivity index (χ3n) is 3.74. The number of hydrogen-bond acceptors (Lipinski definition) is 6. The van der Waals surface area contributed by atoms with Gasteiger partial charge in [-0.05, 0) is 25.5 Å². The van der Waals surface area contributed by atoms with Crippen molar-refractivity contribution < 1.29 is 14.4 Å². The number of aromatic hydroxyl groups is 1. The summed E-state index contributed by atoms with van der Waals surface area (Å²) in [5, 5.41) is 25.5. The summed E-state index contributed by atoms with van der Waals surface area (Å²) in [4.78, 5) is 22.4. The van der Waals surface area contributed by atoms with E-state index in [1.807, 2.05) is 0 Å². The van der Waals surface area contributed by atoms with E-state index in [4.69, 9.17) is 16.0 Å². The predicted molar refractivity (Wildman–Crippen MR) is 86.6 cm³/mol. The molecule has 8 nitrogen and oxygen atoms in total. The van der Waals surface area contributed by atoms with Crippen LogP contribution in [0.25, 0.3) is 11.0 Å². The van der Waals surface area contributed by atoms with Crippen molar-refractivity contribution in [2.45, 2.75) is 20.4 Å². The minimum atomic E-state index is -0.602. The molecule has 0 radical (unpaired) electrons. The van der Waals surface area contributed by atoms with Crippen LogP contribution in [0.15, 0.2) is 27.4 Å². The standard InChI is InChI=1S/C15H12ClN3O5/c1-7-15(19(22)23)8(2)18(17-7)6-9-3-14(21)24-13-5-12(20)11(16)4-10(9)13/h3-5,20H,6H2,1-2H3. The molecule has 2 heterocycles. The highest BCUT2D eigenvalue weighted by molar-refractivity contribution is 6.32. The summed E-state index contributed by atoms with van der Waals surface area (Å²) in [6, 6.07) is 4.01. The van der Waals surface area contributed by atoms with Gasteiger partial charge in [-0.1, -0.05) is 11.6 Å². The maximum Gasteiger partial charge on any atom is 0.336 e. The Morgan fingerprint density at radius 1 is 1.38 bits per heavy atom. The number of rotatable bonds is 3. The number of halogens is 1. The van der Waals surface area contributed by atoms with E-state index < -0.39 is 10.5 Å². The Hall–Kier alpha value is -2.87. The molecule has 2 aromatic heterocycles. The maximum absolute atomic E-state index is 11.7. The fraction of sp³-hybridized carbons (Fsp3) is 0.200. The Morgan fingerprint density at radius 3 is 2.71 bits per heavy atom. The van der Waals surface area contributed by atoms with E-state index in [-0.39, 0.29) is 28.6 Å². The second-order valence-corrected chi connectivity index (χ2v) is 5.73. The summed E-state index contributed by atoms with van der Waals surface area (Å²) in [6.07, 6.45) is 0. The lowest BCUT2D eigenvalue weighted by atomic mass is 10.1. The Balaban J connectivity index is 2.18. The molecule has 0 aliphatic rings. The van der Waals surface area contributed by atoms with Crippen LogP contribution >= 0.6 is 11.6 Å². The van der Waals surface area contributed by atoms with Crippen molar-refractivity contribution in [3.05, 3.63) is 60.7 Å². The van der Waals surface area contributed by atoms with E-state index in [2.05, 4.69) is 5.10 Å². The fourth-order valence-corrected chi connectivity index (χ4v) is 2.80. The lowest BCUT2D eigenvalue weighted by molar-refractivity contribution is -0.386. The zero-order chi connectivity index (χ0) is 17.6. The molecule has 0 saturated carbocycles. The Labute approximate surface area is 140 Å². The normalized spacial score (nSPS) is 11.1. The van der Waals surface area contributed by atoms with Gasteiger partial charge in [-0.15, -0.1) is 0 Å². The molecule has 1 N–H and O–H groups in total. The van der Waals surface area contributed by atoms with Crippen LogP contribution in [-0.4, -0.2) is 19.8 Å². The van der Waals surface area contributed by atoms with Crippen LogP contribution in [0.5, 0.6) is 5.75 Å². The smallest absolute Gasteiger partial charge is 0.336 e. The molecule has 24 heavy (non-hydrogen) atoms. The number of hydrogen-bond donors (Lipinski definition) is 1. The predicted octanol–water partition coefficient (Wildman–Crippen LogP) is 2.92. The molecule has 0 aliphatic carbocycles. The molecule has 0 aliphatic heterocycles. The van der Waals surface area contributed by atoms with E-state index in [1.54, 1.807) is 13.8 Å². The van der Waals surface area contributed by atoms with Gasteiger partial charge in [-0.2, -0.15) is 5.10 Å². The van der Waals surface area contributed by atoms with Gasteiger partial charge in [0.1, 0.15) is 22.7 Å². The molecular weight excluding hydrogens is 338 g/mol. The first-order valence-electron chi connectivity index (χ1n) is 6.91. The molecule has 0 amide bonds. The number of benzene rings is 1. The quantitative estimate of drug-likeness (QED) is 0.442.